The zero-order valence-corrected chi connectivity index (χ0v) is 18.1. The maximum atomic E-state index is 12.6. The zero-order chi connectivity index (χ0) is 21.0. The second-order valence-electron chi connectivity index (χ2n) is 9.00. The van der Waals surface area contributed by atoms with Gasteiger partial charge in [0.2, 0.25) is 11.8 Å². The van der Waals surface area contributed by atoms with Crippen molar-refractivity contribution in [2.24, 2.45) is 5.92 Å². The van der Waals surface area contributed by atoms with Crippen LogP contribution in [0.3, 0.4) is 0 Å². The largest absolute Gasteiger partial charge is 0.378 e. The van der Waals surface area contributed by atoms with Crippen LogP contribution >= 0.6 is 0 Å². The molecule has 3 aliphatic rings. The summed E-state index contributed by atoms with van der Waals surface area (Å²) in [5.74, 6) is 0.814. The summed E-state index contributed by atoms with van der Waals surface area (Å²) in [5, 5.41) is 4.25. The molecule has 0 radical (unpaired) electrons. The highest BCUT2D eigenvalue weighted by atomic mass is 16.5. The SMILES string of the molecule is Cc1cnn(CCC(=O)N2CCC3(CC2)CC(CC(=O)N2CCOCC2)CCO3)c1. The molecule has 0 bridgehead atoms. The van der Waals surface area contributed by atoms with Gasteiger partial charge in [0.1, 0.15) is 0 Å². The number of likely N-dealkylation sites (tertiary alicyclic amines) is 1. The third-order valence-corrected chi connectivity index (χ3v) is 6.77. The average molecular weight is 419 g/mol. The van der Waals surface area contributed by atoms with E-state index >= 15 is 0 Å². The quantitative estimate of drug-likeness (QED) is 0.726. The number of ether oxygens (including phenoxy) is 2. The number of hydrogen-bond donors (Lipinski definition) is 0. The number of rotatable bonds is 5. The molecule has 8 heteroatoms. The zero-order valence-electron chi connectivity index (χ0n) is 18.1. The van der Waals surface area contributed by atoms with Gasteiger partial charge >= 0.3 is 0 Å². The minimum absolute atomic E-state index is 0.163. The van der Waals surface area contributed by atoms with Crippen molar-refractivity contribution in [3.05, 3.63) is 18.0 Å². The fourth-order valence-corrected chi connectivity index (χ4v) is 4.96. The van der Waals surface area contributed by atoms with Crippen molar-refractivity contribution < 1.29 is 19.1 Å². The van der Waals surface area contributed by atoms with Crippen molar-refractivity contribution in [1.82, 2.24) is 19.6 Å². The standard InChI is InChI=1S/C22H34N4O4/c1-18-16-23-26(17-18)6-2-20(27)24-7-4-22(5-8-24)15-19(3-11-30-22)14-21(28)25-9-12-29-13-10-25/h16-17,19H,2-15H2,1H3. The summed E-state index contributed by atoms with van der Waals surface area (Å²) >= 11 is 0. The predicted octanol–water partition coefficient (Wildman–Crippen LogP) is 1.62. The Kier molecular flexibility index (Phi) is 6.73. The lowest BCUT2D eigenvalue weighted by Crippen LogP contribution is -2.51. The number of hydrogen-bond acceptors (Lipinski definition) is 5. The third kappa shape index (κ3) is 5.21. The van der Waals surface area contributed by atoms with Gasteiger partial charge < -0.3 is 19.3 Å². The van der Waals surface area contributed by atoms with Crippen molar-refractivity contribution in [3.8, 4) is 0 Å². The number of piperidine rings is 1. The number of aromatic nitrogens is 2. The van der Waals surface area contributed by atoms with Gasteiger partial charge in [-0.15, -0.1) is 0 Å². The molecule has 3 saturated heterocycles. The monoisotopic (exact) mass is 418 g/mol. The first-order valence-electron chi connectivity index (χ1n) is 11.3. The van der Waals surface area contributed by atoms with Gasteiger partial charge in [-0.3, -0.25) is 14.3 Å². The van der Waals surface area contributed by atoms with E-state index in [1.807, 2.05) is 33.8 Å². The van der Waals surface area contributed by atoms with E-state index in [1.165, 1.54) is 0 Å². The number of morpholine rings is 1. The number of nitrogens with zero attached hydrogens (tertiary/aromatic N) is 4. The molecule has 4 heterocycles. The molecule has 1 aromatic rings. The van der Waals surface area contributed by atoms with Crippen LogP contribution in [0.1, 0.15) is 44.1 Å². The smallest absolute Gasteiger partial charge is 0.224 e. The van der Waals surface area contributed by atoms with Gasteiger partial charge in [-0.25, -0.2) is 0 Å². The second kappa shape index (κ2) is 9.47. The van der Waals surface area contributed by atoms with E-state index in [4.69, 9.17) is 9.47 Å². The van der Waals surface area contributed by atoms with Crippen LogP contribution in [-0.2, 0) is 25.6 Å². The highest BCUT2D eigenvalue weighted by Crippen LogP contribution is 2.39. The number of aryl methyl sites for hydroxylation is 2. The van der Waals surface area contributed by atoms with E-state index in [0.717, 1.165) is 44.3 Å². The summed E-state index contributed by atoms with van der Waals surface area (Å²) in [6.07, 6.45) is 8.47. The predicted molar refractivity (Wildman–Crippen MR) is 111 cm³/mol. The lowest BCUT2D eigenvalue weighted by Gasteiger charge is -2.46. The first-order valence-corrected chi connectivity index (χ1v) is 11.3. The second-order valence-corrected chi connectivity index (χ2v) is 9.00. The molecule has 1 atom stereocenters. The maximum absolute atomic E-state index is 12.6. The average Bonchev–Trinajstić information content (AvgIpc) is 3.18. The van der Waals surface area contributed by atoms with Crippen molar-refractivity contribution in [2.45, 2.75) is 57.6 Å². The van der Waals surface area contributed by atoms with Crippen molar-refractivity contribution in [2.75, 3.05) is 46.0 Å². The molecule has 30 heavy (non-hydrogen) atoms. The highest BCUT2D eigenvalue weighted by molar-refractivity contribution is 5.77. The topological polar surface area (TPSA) is 76.9 Å². The molecular weight excluding hydrogens is 384 g/mol. The van der Waals surface area contributed by atoms with Crippen LogP contribution in [0, 0.1) is 12.8 Å². The molecule has 3 fully saturated rings. The van der Waals surface area contributed by atoms with Crippen molar-refractivity contribution in [3.63, 3.8) is 0 Å². The van der Waals surface area contributed by atoms with Gasteiger partial charge in [0.05, 0.1) is 25.0 Å². The molecule has 2 amide bonds. The summed E-state index contributed by atoms with van der Waals surface area (Å²) in [6.45, 7) is 7.53. The van der Waals surface area contributed by atoms with Crippen LogP contribution in [0.2, 0.25) is 0 Å². The Bertz CT molecular complexity index is 735. The summed E-state index contributed by atoms with van der Waals surface area (Å²) in [6, 6.07) is 0. The number of amides is 2. The van der Waals surface area contributed by atoms with Gasteiger partial charge in [-0.2, -0.15) is 5.10 Å². The third-order valence-electron chi connectivity index (χ3n) is 6.77. The summed E-state index contributed by atoms with van der Waals surface area (Å²) in [5.41, 5.74) is 0.947. The highest BCUT2D eigenvalue weighted by Gasteiger charge is 2.41. The minimum atomic E-state index is -0.163. The summed E-state index contributed by atoms with van der Waals surface area (Å²) in [4.78, 5) is 29.2. The van der Waals surface area contributed by atoms with E-state index in [9.17, 15) is 9.59 Å². The van der Waals surface area contributed by atoms with Crippen LogP contribution in [0.5, 0.6) is 0 Å². The molecule has 4 rings (SSSR count). The Morgan fingerprint density at radius 1 is 1.10 bits per heavy atom. The Balaban J connectivity index is 1.23. The van der Waals surface area contributed by atoms with Crippen LogP contribution in [0.15, 0.2) is 12.4 Å². The lowest BCUT2D eigenvalue weighted by molar-refractivity contribution is -0.151. The van der Waals surface area contributed by atoms with Crippen molar-refractivity contribution in [1.29, 1.82) is 0 Å². The summed E-state index contributed by atoms with van der Waals surface area (Å²) in [7, 11) is 0. The molecule has 166 valence electrons. The molecule has 3 aliphatic heterocycles. The fraction of sp³-hybridized carbons (Fsp3) is 0.773. The first kappa shape index (κ1) is 21.3. The van der Waals surface area contributed by atoms with Crippen molar-refractivity contribution >= 4 is 11.8 Å². The van der Waals surface area contributed by atoms with Gasteiger partial charge in [-0.1, -0.05) is 0 Å². The molecule has 1 unspecified atom stereocenters. The molecule has 1 aromatic heterocycles. The molecule has 8 nitrogen and oxygen atoms in total. The Morgan fingerprint density at radius 2 is 1.83 bits per heavy atom. The van der Waals surface area contributed by atoms with Gasteiger partial charge in [0.15, 0.2) is 0 Å². The molecule has 1 spiro atoms. The molecule has 0 N–H and O–H groups in total. The van der Waals surface area contributed by atoms with E-state index in [-0.39, 0.29) is 17.4 Å². The van der Waals surface area contributed by atoms with E-state index in [2.05, 4.69) is 5.10 Å². The molecule has 0 saturated carbocycles. The Labute approximate surface area is 178 Å². The Hall–Kier alpha value is -1.93. The van der Waals surface area contributed by atoms with Gasteiger partial charge in [-0.05, 0) is 44.1 Å². The lowest BCUT2D eigenvalue weighted by atomic mass is 9.78. The van der Waals surface area contributed by atoms with E-state index < -0.39 is 0 Å². The van der Waals surface area contributed by atoms with Crippen LogP contribution in [0.25, 0.3) is 0 Å². The van der Waals surface area contributed by atoms with Gasteiger partial charge in [0.25, 0.3) is 0 Å². The Morgan fingerprint density at radius 3 is 2.53 bits per heavy atom. The normalized spacial score (nSPS) is 24.2. The maximum Gasteiger partial charge on any atom is 0.224 e. The summed E-state index contributed by atoms with van der Waals surface area (Å²) < 4.78 is 13.4. The fourth-order valence-electron chi connectivity index (χ4n) is 4.96. The first-order chi connectivity index (χ1) is 14.5. The van der Waals surface area contributed by atoms with Crippen LogP contribution in [-0.4, -0.2) is 83.0 Å². The van der Waals surface area contributed by atoms with Crippen LogP contribution < -0.4 is 0 Å². The molecular formula is C22H34N4O4. The van der Waals surface area contributed by atoms with E-state index in [0.29, 0.717) is 58.2 Å². The molecule has 0 aromatic carbocycles. The van der Waals surface area contributed by atoms with Crippen LogP contribution in [0.4, 0.5) is 0 Å². The molecule has 0 aliphatic carbocycles. The number of carbonyl (C=O) groups excluding carboxylic acids is 2. The number of carbonyl (C=O) groups is 2. The minimum Gasteiger partial charge on any atom is -0.378 e. The van der Waals surface area contributed by atoms with Gasteiger partial charge in [0, 0.05) is 58.4 Å². The van der Waals surface area contributed by atoms with E-state index in [1.54, 1.807) is 0 Å².